The molecule has 0 radical (unpaired) electrons. The van der Waals surface area contributed by atoms with Gasteiger partial charge in [0.15, 0.2) is 0 Å². The molecule has 1 fully saturated rings. The van der Waals surface area contributed by atoms with E-state index < -0.39 is 28.2 Å². The number of primary amides is 1. The van der Waals surface area contributed by atoms with Gasteiger partial charge in [0.1, 0.15) is 5.54 Å². The summed E-state index contributed by atoms with van der Waals surface area (Å²) >= 11 is 0.885. The Balaban J connectivity index is 2.05. The number of nitrogens with one attached hydrogen (secondary N) is 1. The maximum atomic E-state index is 11.8. The zero-order valence-electron chi connectivity index (χ0n) is 11.8. The summed E-state index contributed by atoms with van der Waals surface area (Å²) in [7, 11) is 0. The number of hydrogen-bond acceptors (Lipinski definition) is 6. The van der Waals surface area contributed by atoms with Crippen molar-refractivity contribution in [2.45, 2.75) is 23.3 Å². The molecule has 1 aliphatic rings. The Morgan fingerprint density at radius 3 is 2.52 bits per heavy atom. The lowest BCUT2D eigenvalue weighted by atomic mass is 10.2. The van der Waals surface area contributed by atoms with E-state index in [4.69, 9.17) is 10.8 Å². The summed E-state index contributed by atoms with van der Waals surface area (Å²) in [6.45, 7) is 0. The van der Waals surface area contributed by atoms with Crippen LogP contribution in [-0.2, 0) is 9.59 Å². The number of nitrogens with zero attached hydrogens (tertiary/aromatic N) is 1. The topological polar surface area (TPSA) is 153 Å². The highest BCUT2D eigenvalue weighted by Crippen LogP contribution is 2.36. The van der Waals surface area contributed by atoms with Crippen molar-refractivity contribution in [3.05, 3.63) is 33.9 Å². The molecule has 1 aromatic rings. The van der Waals surface area contributed by atoms with E-state index in [0.717, 1.165) is 17.8 Å². The van der Waals surface area contributed by atoms with Crippen LogP contribution in [0.5, 0.6) is 0 Å². The predicted molar refractivity (Wildman–Crippen MR) is 80.1 cm³/mol. The third-order valence-corrected chi connectivity index (χ3v) is 4.40. The second kappa shape index (κ2) is 6.24. The van der Waals surface area contributed by atoms with E-state index in [0.29, 0.717) is 12.8 Å². The zero-order valence-corrected chi connectivity index (χ0v) is 12.6. The molecule has 1 saturated carbocycles. The summed E-state index contributed by atoms with van der Waals surface area (Å²) in [4.78, 5) is 44.4. The molecule has 0 aliphatic heterocycles. The summed E-state index contributed by atoms with van der Waals surface area (Å²) in [5.41, 5.74) is 3.54. The predicted octanol–water partition coefficient (Wildman–Crippen LogP) is 0.519. The Kier molecular flexibility index (Phi) is 4.55. The molecule has 1 aliphatic carbocycles. The summed E-state index contributed by atoms with van der Waals surface area (Å²) in [5.74, 6) is -2.58. The van der Waals surface area contributed by atoms with Crippen LogP contribution in [0.15, 0.2) is 23.1 Å². The zero-order chi connectivity index (χ0) is 17.2. The van der Waals surface area contributed by atoms with Gasteiger partial charge in [-0.15, -0.1) is 11.8 Å². The van der Waals surface area contributed by atoms with Gasteiger partial charge in [-0.2, -0.15) is 0 Å². The maximum absolute atomic E-state index is 11.8. The summed E-state index contributed by atoms with van der Waals surface area (Å²) in [6.07, 6.45) is 0.735. The van der Waals surface area contributed by atoms with E-state index in [9.17, 15) is 24.5 Å². The van der Waals surface area contributed by atoms with E-state index in [1.165, 1.54) is 12.1 Å². The molecule has 23 heavy (non-hydrogen) atoms. The summed E-state index contributed by atoms with van der Waals surface area (Å²) in [5, 5.41) is 22.4. The van der Waals surface area contributed by atoms with Crippen LogP contribution in [0, 0.1) is 10.1 Å². The highest BCUT2D eigenvalue weighted by atomic mass is 32.2. The Labute approximate surface area is 134 Å². The minimum Gasteiger partial charge on any atom is -0.480 e. The lowest BCUT2D eigenvalue weighted by Gasteiger charge is -2.12. The molecule has 2 amide bonds. The van der Waals surface area contributed by atoms with Gasteiger partial charge >= 0.3 is 5.97 Å². The SMILES string of the molecule is NC(=O)c1ccc(SCC(=O)NC2(C(=O)O)CC2)c([N+](=O)[O-])c1. The van der Waals surface area contributed by atoms with Crippen LogP contribution in [-0.4, -0.2) is 39.1 Å². The van der Waals surface area contributed by atoms with Crippen LogP contribution in [0.1, 0.15) is 23.2 Å². The number of nitro groups is 1. The van der Waals surface area contributed by atoms with E-state index >= 15 is 0 Å². The van der Waals surface area contributed by atoms with Crippen LogP contribution >= 0.6 is 11.8 Å². The molecule has 0 saturated heterocycles. The molecule has 0 atom stereocenters. The molecule has 0 heterocycles. The molecule has 0 spiro atoms. The first kappa shape index (κ1) is 16.7. The van der Waals surface area contributed by atoms with Crippen molar-refractivity contribution in [3.63, 3.8) is 0 Å². The largest absolute Gasteiger partial charge is 0.480 e. The first-order valence-corrected chi connectivity index (χ1v) is 7.49. The molecule has 1 aromatic carbocycles. The van der Waals surface area contributed by atoms with Gasteiger partial charge in [0.2, 0.25) is 11.8 Å². The van der Waals surface area contributed by atoms with Gasteiger partial charge in [-0.3, -0.25) is 19.7 Å². The summed E-state index contributed by atoms with van der Waals surface area (Å²) < 4.78 is 0. The molecule has 2 rings (SSSR count). The lowest BCUT2D eigenvalue weighted by molar-refractivity contribution is -0.387. The van der Waals surface area contributed by atoms with Gasteiger partial charge in [0, 0.05) is 11.6 Å². The van der Waals surface area contributed by atoms with Crippen LogP contribution < -0.4 is 11.1 Å². The number of aliphatic carboxylic acids is 1. The Morgan fingerprint density at radius 2 is 2.04 bits per heavy atom. The first-order chi connectivity index (χ1) is 10.7. The summed E-state index contributed by atoms with van der Waals surface area (Å²) in [6, 6.07) is 3.71. The number of nitrogens with two attached hydrogens (primary N) is 1. The molecule has 0 aromatic heterocycles. The van der Waals surface area contributed by atoms with Gasteiger partial charge < -0.3 is 16.2 Å². The van der Waals surface area contributed by atoms with Crippen LogP contribution in [0.25, 0.3) is 0 Å². The second-order valence-corrected chi connectivity index (χ2v) is 6.05. The number of carbonyl (C=O) groups is 3. The van der Waals surface area contributed by atoms with Gasteiger partial charge in [-0.25, -0.2) is 4.79 Å². The Bertz CT molecular complexity index is 701. The van der Waals surface area contributed by atoms with Crippen LogP contribution in [0.4, 0.5) is 5.69 Å². The van der Waals surface area contributed by atoms with Gasteiger partial charge in [-0.05, 0) is 25.0 Å². The molecule has 9 nitrogen and oxygen atoms in total. The van der Waals surface area contributed by atoms with E-state index in [1.54, 1.807) is 0 Å². The molecule has 122 valence electrons. The normalized spacial score (nSPS) is 14.8. The second-order valence-electron chi connectivity index (χ2n) is 5.03. The number of carboxylic acids is 1. The minimum atomic E-state index is -1.20. The first-order valence-electron chi connectivity index (χ1n) is 6.50. The van der Waals surface area contributed by atoms with E-state index in [1.807, 2.05) is 0 Å². The van der Waals surface area contributed by atoms with E-state index in [2.05, 4.69) is 5.32 Å². The fourth-order valence-corrected chi connectivity index (χ4v) is 2.70. The number of carbonyl (C=O) groups excluding carboxylic acids is 2. The standard InChI is InChI=1S/C13H13N3O6S/c14-11(18)7-1-2-9(8(5-7)16(21)22)23-6-10(17)15-13(3-4-13)12(19)20/h1-2,5H,3-4,6H2,(H2,14,18)(H,15,17)(H,19,20). The monoisotopic (exact) mass is 339 g/mol. The molecule has 0 bridgehead atoms. The number of nitro benzene ring substituents is 1. The molecule has 0 unspecified atom stereocenters. The Hall–Kier alpha value is -2.62. The molecule has 10 heteroatoms. The quantitative estimate of drug-likeness (QED) is 0.372. The van der Waals surface area contributed by atoms with Gasteiger partial charge in [-0.1, -0.05) is 0 Å². The van der Waals surface area contributed by atoms with Gasteiger partial charge in [0.05, 0.1) is 15.6 Å². The van der Waals surface area contributed by atoms with Crippen molar-refractivity contribution in [1.82, 2.24) is 5.32 Å². The molecular weight excluding hydrogens is 326 g/mol. The van der Waals surface area contributed by atoms with Crippen LogP contribution in [0.2, 0.25) is 0 Å². The molecule has 4 N–H and O–H groups in total. The lowest BCUT2D eigenvalue weighted by Crippen LogP contribution is -2.43. The van der Waals surface area contributed by atoms with Crippen molar-refractivity contribution < 1.29 is 24.4 Å². The number of rotatable bonds is 7. The molecular formula is C13H13N3O6S. The third-order valence-electron chi connectivity index (χ3n) is 3.34. The average molecular weight is 339 g/mol. The minimum absolute atomic E-state index is 0.00619. The third kappa shape index (κ3) is 3.77. The highest BCUT2D eigenvalue weighted by Gasteiger charge is 2.51. The van der Waals surface area contributed by atoms with Crippen molar-refractivity contribution in [3.8, 4) is 0 Å². The van der Waals surface area contributed by atoms with Crippen LogP contribution in [0.3, 0.4) is 0 Å². The smallest absolute Gasteiger partial charge is 0.329 e. The van der Waals surface area contributed by atoms with Crippen molar-refractivity contribution >= 4 is 35.2 Å². The van der Waals surface area contributed by atoms with Crippen molar-refractivity contribution in [2.24, 2.45) is 5.73 Å². The number of hydrogen-bond donors (Lipinski definition) is 3. The average Bonchev–Trinajstić information content (AvgIpc) is 3.25. The highest BCUT2D eigenvalue weighted by molar-refractivity contribution is 8.00. The Morgan fingerprint density at radius 1 is 1.39 bits per heavy atom. The number of carboxylic acid groups (broad SMARTS) is 1. The fraction of sp³-hybridized carbons (Fsp3) is 0.308. The number of amides is 2. The van der Waals surface area contributed by atoms with E-state index in [-0.39, 0.29) is 21.9 Å². The van der Waals surface area contributed by atoms with Gasteiger partial charge in [0.25, 0.3) is 5.69 Å². The number of thioether (sulfide) groups is 1. The van der Waals surface area contributed by atoms with Crippen molar-refractivity contribution in [2.75, 3.05) is 5.75 Å². The van der Waals surface area contributed by atoms with Crippen molar-refractivity contribution in [1.29, 1.82) is 0 Å². The maximum Gasteiger partial charge on any atom is 0.329 e. The fourth-order valence-electron chi connectivity index (χ4n) is 1.90. The number of benzene rings is 1.